The molecule has 2 aromatic rings. The van der Waals surface area contributed by atoms with Crippen molar-refractivity contribution in [1.82, 2.24) is 9.97 Å². The Balaban J connectivity index is 1.95. The van der Waals surface area contributed by atoms with Crippen molar-refractivity contribution in [3.05, 3.63) is 54.0 Å². The van der Waals surface area contributed by atoms with Crippen molar-refractivity contribution in [1.29, 1.82) is 0 Å². The molecule has 2 aromatic heterocycles. The maximum absolute atomic E-state index is 10.4. The molecule has 0 aliphatic carbocycles. The first-order valence-electron chi connectivity index (χ1n) is 6.17. The van der Waals surface area contributed by atoms with Gasteiger partial charge < -0.3 is 14.6 Å². The molecular weight excluding hydrogens is 272 g/mol. The average Bonchev–Trinajstić information content (AvgIpc) is 2.52. The van der Waals surface area contributed by atoms with E-state index in [0.29, 0.717) is 23.9 Å². The Labute approximate surface area is 121 Å². The van der Waals surface area contributed by atoms with E-state index >= 15 is 0 Å². The normalized spacial score (nSPS) is 10.5. The highest BCUT2D eigenvalue weighted by molar-refractivity contribution is 5.84. The SMILES string of the molecule is COc1cccc(COc2ccc(C=CC(=O)O)nc2)n1. The number of aliphatic carboxylic acids is 1. The number of carboxylic acids is 1. The Morgan fingerprint density at radius 1 is 1.33 bits per heavy atom. The van der Waals surface area contributed by atoms with Gasteiger partial charge in [0.05, 0.1) is 24.7 Å². The Morgan fingerprint density at radius 3 is 2.86 bits per heavy atom. The van der Waals surface area contributed by atoms with Crippen molar-refractivity contribution >= 4 is 12.0 Å². The Kier molecular flexibility index (Phi) is 4.87. The fourth-order valence-corrected chi connectivity index (χ4v) is 1.54. The third-order valence-electron chi connectivity index (χ3n) is 2.53. The van der Waals surface area contributed by atoms with Gasteiger partial charge in [0, 0.05) is 12.1 Å². The third-order valence-corrected chi connectivity index (χ3v) is 2.53. The van der Waals surface area contributed by atoms with E-state index in [2.05, 4.69) is 9.97 Å². The van der Waals surface area contributed by atoms with Gasteiger partial charge in [-0.2, -0.15) is 0 Å². The second-order valence-corrected chi connectivity index (χ2v) is 4.05. The summed E-state index contributed by atoms with van der Waals surface area (Å²) in [5, 5.41) is 8.53. The molecule has 0 spiro atoms. The summed E-state index contributed by atoms with van der Waals surface area (Å²) in [7, 11) is 1.56. The standard InChI is InChI=1S/C15H14N2O4/c1-20-14-4-2-3-12(17-14)10-21-13-7-5-11(16-9-13)6-8-15(18)19/h2-9H,10H2,1H3,(H,18,19). The molecule has 0 aliphatic heterocycles. The number of carbonyl (C=O) groups is 1. The largest absolute Gasteiger partial charge is 0.486 e. The summed E-state index contributed by atoms with van der Waals surface area (Å²) in [6.07, 6.45) is 3.97. The first-order valence-corrected chi connectivity index (χ1v) is 6.17. The van der Waals surface area contributed by atoms with E-state index in [1.165, 1.54) is 12.3 Å². The quantitative estimate of drug-likeness (QED) is 0.819. The molecule has 0 radical (unpaired) electrons. The van der Waals surface area contributed by atoms with Crippen molar-refractivity contribution < 1.29 is 19.4 Å². The van der Waals surface area contributed by atoms with Crippen LogP contribution in [0.5, 0.6) is 11.6 Å². The molecule has 6 nitrogen and oxygen atoms in total. The summed E-state index contributed by atoms with van der Waals surface area (Å²) in [4.78, 5) is 18.7. The summed E-state index contributed by atoms with van der Waals surface area (Å²) < 4.78 is 10.6. The summed E-state index contributed by atoms with van der Waals surface area (Å²) in [5.74, 6) is 0.0942. The van der Waals surface area contributed by atoms with E-state index in [0.717, 1.165) is 11.8 Å². The van der Waals surface area contributed by atoms with E-state index in [1.807, 2.05) is 12.1 Å². The predicted octanol–water partition coefficient (Wildman–Crippen LogP) is 2.16. The molecule has 0 saturated carbocycles. The van der Waals surface area contributed by atoms with E-state index in [4.69, 9.17) is 14.6 Å². The van der Waals surface area contributed by atoms with Crippen LogP contribution in [0, 0.1) is 0 Å². The molecule has 2 heterocycles. The van der Waals surface area contributed by atoms with Gasteiger partial charge in [-0.05, 0) is 24.3 Å². The molecule has 0 amide bonds. The lowest BCUT2D eigenvalue weighted by atomic mass is 10.3. The number of methoxy groups -OCH3 is 1. The molecule has 2 rings (SSSR count). The maximum Gasteiger partial charge on any atom is 0.328 e. The van der Waals surface area contributed by atoms with Crippen LogP contribution in [-0.4, -0.2) is 28.2 Å². The van der Waals surface area contributed by atoms with Gasteiger partial charge in [-0.25, -0.2) is 9.78 Å². The lowest BCUT2D eigenvalue weighted by Crippen LogP contribution is -2.00. The van der Waals surface area contributed by atoms with Gasteiger partial charge >= 0.3 is 5.97 Å². The molecule has 1 N–H and O–H groups in total. The Bertz CT molecular complexity index is 638. The van der Waals surface area contributed by atoms with Crippen molar-refractivity contribution in [2.75, 3.05) is 7.11 Å². The number of hydrogen-bond donors (Lipinski definition) is 1. The summed E-state index contributed by atoms with van der Waals surface area (Å²) in [6.45, 7) is 0.295. The van der Waals surface area contributed by atoms with Crippen LogP contribution < -0.4 is 9.47 Å². The molecule has 0 bridgehead atoms. The van der Waals surface area contributed by atoms with Gasteiger partial charge in [0.25, 0.3) is 0 Å². The first kappa shape index (κ1) is 14.5. The van der Waals surface area contributed by atoms with Crippen molar-refractivity contribution in [3.63, 3.8) is 0 Å². The van der Waals surface area contributed by atoms with Gasteiger partial charge in [0.2, 0.25) is 5.88 Å². The lowest BCUT2D eigenvalue weighted by molar-refractivity contribution is -0.131. The highest BCUT2D eigenvalue weighted by Gasteiger charge is 2.00. The minimum atomic E-state index is -1.01. The van der Waals surface area contributed by atoms with Gasteiger partial charge in [-0.1, -0.05) is 6.07 Å². The smallest absolute Gasteiger partial charge is 0.328 e. The van der Waals surface area contributed by atoms with Gasteiger partial charge in [-0.15, -0.1) is 0 Å². The molecule has 0 fully saturated rings. The topological polar surface area (TPSA) is 81.5 Å². The first-order chi connectivity index (χ1) is 10.2. The van der Waals surface area contributed by atoms with Crippen LogP contribution in [0.15, 0.2) is 42.6 Å². The minimum Gasteiger partial charge on any atom is -0.486 e. The van der Waals surface area contributed by atoms with Crippen LogP contribution in [0.1, 0.15) is 11.4 Å². The Hall–Kier alpha value is -2.89. The van der Waals surface area contributed by atoms with Crippen LogP contribution in [0.4, 0.5) is 0 Å². The van der Waals surface area contributed by atoms with E-state index in [-0.39, 0.29) is 0 Å². The van der Waals surface area contributed by atoms with Crippen LogP contribution >= 0.6 is 0 Å². The number of carboxylic acid groups (broad SMARTS) is 1. The predicted molar refractivity (Wildman–Crippen MR) is 76.0 cm³/mol. The molecular formula is C15H14N2O4. The van der Waals surface area contributed by atoms with Crippen LogP contribution in [-0.2, 0) is 11.4 Å². The molecule has 21 heavy (non-hydrogen) atoms. The fourth-order valence-electron chi connectivity index (χ4n) is 1.54. The van der Waals surface area contributed by atoms with Gasteiger partial charge in [0.15, 0.2) is 0 Å². The Morgan fingerprint density at radius 2 is 2.19 bits per heavy atom. The lowest BCUT2D eigenvalue weighted by Gasteiger charge is -2.06. The molecule has 0 aliphatic rings. The van der Waals surface area contributed by atoms with Crippen molar-refractivity contribution in [2.24, 2.45) is 0 Å². The molecule has 0 aromatic carbocycles. The highest BCUT2D eigenvalue weighted by atomic mass is 16.5. The number of ether oxygens (including phenoxy) is 2. The summed E-state index contributed by atoms with van der Waals surface area (Å²) in [5.41, 5.74) is 1.29. The number of nitrogens with zero attached hydrogens (tertiary/aromatic N) is 2. The number of pyridine rings is 2. The van der Waals surface area contributed by atoms with Gasteiger partial charge in [0.1, 0.15) is 12.4 Å². The highest BCUT2D eigenvalue weighted by Crippen LogP contribution is 2.13. The third kappa shape index (κ3) is 4.61. The zero-order valence-corrected chi connectivity index (χ0v) is 11.4. The van der Waals surface area contributed by atoms with Crippen molar-refractivity contribution in [3.8, 4) is 11.6 Å². The monoisotopic (exact) mass is 286 g/mol. The zero-order valence-electron chi connectivity index (χ0n) is 11.4. The number of rotatable bonds is 6. The second kappa shape index (κ2) is 7.04. The summed E-state index contributed by atoms with van der Waals surface area (Å²) >= 11 is 0. The number of hydrogen-bond acceptors (Lipinski definition) is 5. The molecule has 0 atom stereocenters. The van der Waals surface area contributed by atoms with E-state index in [9.17, 15) is 4.79 Å². The van der Waals surface area contributed by atoms with E-state index in [1.54, 1.807) is 25.3 Å². The van der Waals surface area contributed by atoms with Crippen LogP contribution in [0.2, 0.25) is 0 Å². The summed E-state index contributed by atoms with van der Waals surface area (Å²) in [6, 6.07) is 8.82. The zero-order chi connectivity index (χ0) is 15.1. The van der Waals surface area contributed by atoms with Crippen molar-refractivity contribution in [2.45, 2.75) is 6.61 Å². The van der Waals surface area contributed by atoms with Crippen LogP contribution in [0.25, 0.3) is 6.08 Å². The molecule has 6 heteroatoms. The number of aromatic nitrogens is 2. The molecule has 0 saturated heterocycles. The van der Waals surface area contributed by atoms with Crippen LogP contribution in [0.3, 0.4) is 0 Å². The average molecular weight is 286 g/mol. The molecule has 108 valence electrons. The minimum absolute atomic E-state index is 0.295. The maximum atomic E-state index is 10.4. The van der Waals surface area contributed by atoms with E-state index < -0.39 is 5.97 Å². The fraction of sp³-hybridized carbons (Fsp3) is 0.133. The molecule has 0 unspecified atom stereocenters. The van der Waals surface area contributed by atoms with Gasteiger partial charge in [-0.3, -0.25) is 4.98 Å². The second-order valence-electron chi connectivity index (χ2n) is 4.05.